The predicted molar refractivity (Wildman–Crippen MR) is 101 cm³/mol. The zero-order chi connectivity index (χ0) is 18.7. The first-order valence-corrected chi connectivity index (χ1v) is 10.5. The normalized spacial score (nSPS) is 18.7. The highest BCUT2D eigenvalue weighted by Crippen LogP contribution is 2.22. The van der Waals surface area contributed by atoms with Crippen molar-refractivity contribution in [1.29, 1.82) is 0 Å². The maximum Gasteiger partial charge on any atom is 0.218 e. The van der Waals surface area contributed by atoms with Crippen LogP contribution in [0.15, 0.2) is 30.3 Å². The van der Waals surface area contributed by atoms with Gasteiger partial charge in [0.2, 0.25) is 15.9 Å². The number of aromatic nitrogens is 2. The molecule has 1 aliphatic heterocycles. The molecule has 1 aromatic heterocycles. The Bertz CT molecular complexity index is 852. The highest BCUT2D eigenvalue weighted by atomic mass is 35.5. The molecule has 1 unspecified atom stereocenters. The van der Waals surface area contributed by atoms with Crippen LogP contribution >= 0.6 is 11.6 Å². The fraction of sp³-hybridized carbons (Fsp3) is 0.444. The van der Waals surface area contributed by atoms with Gasteiger partial charge in [0, 0.05) is 23.3 Å². The molecular formula is C18H22ClN3O3S. The average molecular weight is 396 g/mol. The SMILES string of the molecule is Cc1cc(OC2CCCN(S(=O)(=O)Cc3ccc(Cl)cc3)C2)nc(C)n1. The second-order valence-corrected chi connectivity index (χ2v) is 8.92. The third-order valence-electron chi connectivity index (χ3n) is 4.23. The van der Waals surface area contributed by atoms with Crippen molar-refractivity contribution >= 4 is 21.6 Å². The quantitative estimate of drug-likeness (QED) is 0.777. The van der Waals surface area contributed by atoms with Gasteiger partial charge >= 0.3 is 0 Å². The fourth-order valence-corrected chi connectivity index (χ4v) is 4.77. The molecule has 2 heterocycles. The van der Waals surface area contributed by atoms with Gasteiger partial charge in [-0.15, -0.1) is 0 Å². The monoisotopic (exact) mass is 395 g/mol. The third-order valence-corrected chi connectivity index (χ3v) is 6.30. The van der Waals surface area contributed by atoms with Gasteiger partial charge in [-0.2, -0.15) is 9.29 Å². The maximum absolute atomic E-state index is 12.8. The molecule has 0 radical (unpaired) electrons. The van der Waals surface area contributed by atoms with Crippen molar-refractivity contribution < 1.29 is 13.2 Å². The van der Waals surface area contributed by atoms with Crippen LogP contribution in [0.3, 0.4) is 0 Å². The fourth-order valence-electron chi connectivity index (χ4n) is 3.05. The molecule has 1 saturated heterocycles. The number of piperidine rings is 1. The van der Waals surface area contributed by atoms with Crippen LogP contribution in [-0.4, -0.2) is 41.9 Å². The summed E-state index contributed by atoms with van der Waals surface area (Å²) in [6.45, 7) is 4.53. The first-order chi connectivity index (χ1) is 12.3. The van der Waals surface area contributed by atoms with E-state index in [4.69, 9.17) is 16.3 Å². The molecule has 0 spiro atoms. The zero-order valence-electron chi connectivity index (χ0n) is 14.9. The van der Waals surface area contributed by atoms with Crippen LogP contribution < -0.4 is 4.74 Å². The Labute approximate surface area is 159 Å². The number of rotatable bonds is 5. The van der Waals surface area contributed by atoms with Gasteiger partial charge in [-0.3, -0.25) is 0 Å². The highest BCUT2D eigenvalue weighted by Gasteiger charge is 2.30. The summed E-state index contributed by atoms with van der Waals surface area (Å²) in [5.74, 6) is 1.10. The van der Waals surface area contributed by atoms with Crippen molar-refractivity contribution in [2.45, 2.75) is 38.5 Å². The van der Waals surface area contributed by atoms with Crippen molar-refractivity contribution in [3.05, 3.63) is 52.4 Å². The van der Waals surface area contributed by atoms with Crippen molar-refractivity contribution in [2.24, 2.45) is 0 Å². The van der Waals surface area contributed by atoms with Gasteiger partial charge in [0.15, 0.2) is 0 Å². The molecule has 0 N–H and O–H groups in total. The van der Waals surface area contributed by atoms with Crippen molar-refractivity contribution in [2.75, 3.05) is 13.1 Å². The van der Waals surface area contributed by atoms with Crippen LogP contribution in [0.1, 0.15) is 29.9 Å². The molecule has 6 nitrogen and oxygen atoms in total. The van der Waals surface area contributed by atoms with E-state index >= 15 is 0 Å². The lowest BCUT2D eigenvalue weighted by Crippen LogP contribution is -2.44. The van der Waals surface area contributed by atoms with Crippen molar-refractivity contribution in [3.63, 3.8) is 0 Å². The summed E-state index contributed by atoms with van der Waals surface area (Å²) >= 11 is 5.86. The lowest BCUT2D eigenvalue weighted by molar-refractivity contribution is 0.124. The number of ether oxygens (including phenoxy) is 1. The van der Waals surface area contributed by atoms with Gasteiger partial charge in [0.05, 0.1) is 12.3 Å². The molecule has 1 fully saturated rings. The number of aryl methyl sites for hydroxylation is 2. The molecule has 1 atom stereocenters. The second kappa shape index (κ2) is 7.90. The molecule has 2 aromatic rings. The van der Waals surface area contributed by atoms with Gasteiger partial charge in [0.1, 0.15) is 11.9 Å². The maximum atomic E-state index is 12.8. The molecule has 0 aliphatic carbocycles. The van der Waals surface area contributed by atoms with Gasteiger partial charge in [0.25, 0.3) is 0 Å². The Morgan fingerprint density at radius 2 is 1.96 bits per heavy atom. The van der Waals surface area contributed by atoms with Gasteiger partial charge in [-0.05, 0) is 44.4 Å². The third kappa shape index (κ3) is 4.93. The highest BCUT2D eigenvalue weighted by molar-refractivity contribution is 7.88. The molecular weight excluding hydrogens is 374 g/mol. The Morgan fingerprint density at radius 1 is 1.23 bits per heavy atom. The molecule has 0 saturated carbocycles. The Morgan fingerprint density at radius 3 is 2.65 bits per heavy atom. The van der Waals surface area contributed by atoms with E-state index in [0.717, 1.165) is 24.1 Å². The molecule has 8 heteroatoms. The number of hydrogen-bond acceptors (Lipinski definition) is 5. The lowest BCUT2D eigenvalue weighted by atomic mass is 10.1. The Hall–Kier alpha value is -1.70. The summed E-state index contributed by atoms with van der Waals surface area (Å²) in [6.07, 6.45) is 1.35. The minimum Gasteiger partial charge on any atom is -0.473 e. The van der Waals surface area contributed by atoms with E-state index in [1.54, 1.807) is 30.3 Å². The van der Waals surface area contributed by atoms with Crippen LogP contribution in [0.2, 0.25) is 5.02 Å². The summed E-state index contributed by atoms with van der Waals surface area (Å²) in [5, 5.41) is 0.591. The topological polar surface area (TPSA) is 72.4 Å². The van der Waals surface area contributed by atoms with E-state index in [9.17, 15) is 8.42 Å². The molecule has 1 aliphatic rings. The Kier molecular flexibility index (Phi) is 5.79. The van der Waals surface area contributed by atoms with Crippen LogP contribution in [-0.2, 0) is 15.8 Å². The van der Waals surface area contributed by atoms with Crippen LogP contribution in [0, 0.1) is 13.8 Å². The first-order valence-electron chi connectivity index (χ1n) is 8.53. The predicted octanol–water partition coefficient (Wildman–Crippen LogP) is 3.12. The largest absolute Gasteiger partial charge is 0.473 e. The second-order valence-electron chi connectivity index (χ2n) is 6.52. The molecule has 140 valence electrons. The van der Waals surface area contributed by atoms with E-state index in [1.807, 2.05) is 13.8 Å². The van der Waals surface area contributed by atoms with Crippen LogP contribution in [0.4, 0.5) is 0 Å². The summed E-state index contributed by atoms with van der Waals surface area (Å²) in [6, 6.07) is 8.66. The van der Waals surface area contributed by atoms with Crippen LogP contribution in [0.25, 0.3) is 0 Å². The van der Waals surface area contributed by atoms with E-state index in [2.05, 4.69) is 9.97 Å². The minimum atomic E-state index is -3.41. The number of nitrogens with zero attached hydrogens (tertiary/aromatic N) is 3. The number of sulfonamides is 1. The smallest absolute Gasteiger partial charge is 0.218 e. The van der Waals surface area contributed by atoms with Gasteiger partial charge in [-0.25, -0.2) is 13.4 Å². The van der Waals surface area contributed by atoms with E-state index in [1.165, 1.54) is 4.31 Å². The van der Waals surface area contributed by atoms with Gasteiger partial charge in [-0.1, -0.05) is 23.7 Å². The number of benzene rings is 1. The first kappa shape index (κ1) is 19.1. The molecule has 26 heavy (non-hydrogen) atoms. The Balaban J connectivity index is 1.67. The van der Waals surface area contributed by atoms with E-state index in [0.29, 0.717) is 29.8 Å². The standard InChI is InChI=1S/C18H22ClN3O3S/c1-13-10-18(21-14(2)20-13)25-17-4-3-9-22(11-17)26(23,24)12-15-5-7-16(19)8-6-15/h5-8,10,17H,3-4,9,11-12H2,1-2H3. The number of hydrogen-bond donors (Lipinski definition) is 0. The van der Waals surface area contributed by atoms with Gasteiger partial charge < -0.3 is 4.74 Å². The van der Waals surface area contributed by atoms with Crippen LogP contribution in [0.5, 0.6) is 5.88 Å². The number of halogens is 1. The molecule has 0 bridgehead atoms. The van der Waals surface area contributed by atoms with Crippen molar-refractivity contribution in [3.8, 4) is 5.88 Å². The molecule has 3 rings (SSSR count). The minimum absolute atomic E-state index is 0.0391. The van der Waals surface area contributed by atoms with Crippen molar-refractivity contribution in [1.82, 2.24) is 14.3 Å². The summed E-state index contributed by atoms with van der Waals surface area (Å²) in [5.41, 5.74) is 1.55. The summed E-state index contributed by atoms with van der Waals surface area (Å²) in [7, 11) is -3.41. The van der Waals surface area contributed by atoms with E-state index < -0.39 is 10.0 Å². The summed E-state index contributed by atoms with van der Waals surface area (Å²) < 4.78 is 33.0. The molecule has 1 aromatic carbocycles. The zero-order valence-corrected chi connectivity index (χ0v) is 16.4. The summed E-state index contributed by atoms with van der Waals surface area (Å²) in [4.78, 5) is 8.51. The lowest BCUT2D eigenvalue weighted by Gasteiger charge is -2.32. The molecule has 0 amide bonds. The average Bonchev–Trinajstić information content (AvgIpc) is 2.56. The van der Waals surface area contributed by atoms with E-state index in [-0.39, 0.29) is 11.9 Å².